The fourth-order valence-corrected chi connectivity index (χ4v) is 2.73. The van der Waals surface area contributed by atoms with Crippen molar-refractivity contribution in [1.29, 1.82) is 0 Å². The van der Waals surface area contributed by atoms with E-state index in [1.165, 1.54) is 7.11 Å². The SMILES string of the molecule is COC(=O)c1ccc(NC2NCCS2)cc1Cl. The predicted octanol–water partition coefficient (Wildman–Crippen LogP) is 2.16. The Morgan fingerprint density at radius 2 is 2.47 bits per heavy atom. The third-order valence-electron chi connectivity index (χ3n) is 2.39. The minimum atomic E-state index is -0.421. The number of hydrogen-bond donors (Lipinski definition) is 2. The van der Waals surface area contributed by atoms with Crippen molar-refractivity contribution in [3.05, 3.63) is 28.8 Å². The van der Waals surface area contributed by atoms with Gasteiger partial charge in [-0.2, -0.15) is 0 Å². The van der Waals surface area contributed by atoms with E-state index < -0.39 is 5.97 Å². The molecule has 1 aromatic carbocycles. The van der Waals surface area contributed by atoms with Gasteiger partial charge in [0.05, 0.1) is 17.7 Å². The Bertz CT molecular complexity index is 422. The minimum absolute atomic E-state index is 0.204. The van der Waals surface area contributed by atoms with Gasteiger partial charge in [-0.25, -0.2) is 4.79 Å². The van der Waals surface area contributed by atoms with Gasteiger partial charge in [-0.15, -0.1) is 11.8 Å². The molecule has 0 amide bonds. The molecular weight excluding hydrogens is 260 g/mol. The van der Waals surface area contributed by atoms with Crippen LogP contribution in [-0.2, 0) is 4.74 Å². The molecular formula is C11H13ClN2O2S. The van der Waals surface area contributed by atoms with Crippen molar-refractivity contribution in [2.24, 2.45) is 0 Å². The smallest absolute Gasteiger partial charge is 0.339 e. The number of halogens is 1. The lowest BCUT2D eigenvalue weighted by Gasteiger charge is -2.14. The summed E-state index contributed by atoms with van der Waals surface area (Å²) in [6.45, 7) is 0.996. The van der Waals surface area contributed by atoms with E-state index in [1.54, 1.807) is 23.9 Å². The van der Waals surface area contributed by atoms with Crippen molar-refractivity contribution < 1.29 is 9.53 Å². The molecule has 0 spiro atoms. The molecule has 0 saturated carbocycles. The topological polar surface area (TPSA) is 50.4 Å². The molecule has 0 aromatic heterocycles. The van der Waals surface area contributed by atoms with E-state index in [1.807, 2.05) is 6.07 Å². The normalized spacial score (nSPS) is 19.1. The number of rotatable bonds is 3. The predicted molar refractivity (Wildman–Crippen MR) is 70.7 cm³/mol. The summed E-state index contributed by atoms with van der Waals surface area (Å²) in [5.41, 5.74) is 1.47. The van der Waals surface area contributed by atoms with Crippen molar-refractivity contribution >= 4 is 35.0 Å². The Morgan fingerprint density at radius 3 is 3.06 bits per heavy atom. The largest absolute Gasteiger partial charge is 0.465 e. The maximum atomic E-state index is 11.3. The van der Waals surface area contributed by atoms with Crippen LogP contribution in [0.1, 0.15) is 10.4 Å². The molecule has 1 saturated heterocycles. The molecule has 1 aliphatic rings. The molecule has 4 nitrogen and oxygen atoms in total. The van der Waals surface area contributed by atoms with Gasteiger partial charge in [0.2, 0.25) is 0 Å². The van der Waals surface area contributed by atoms with Crippen LogP contribution in [0.4, 0.5) is 5.69 Å². The molecule has 92 valence electrons. The first kappa shape index (κ1) is 12.5. The van der Waals surface area contributed by atoms with E-state index in [0.717, 1.165) is 18.0 Å². The number of nitrogens with one attached hydrogen (secondary N) is 2. The summed E-state index contributed by atoms with van der Waals surface area (Å²) in [6.07, 6.45) is 0. The van der Waals surface area contributed by atoms with Gasteiger partial charge >= 0.3 is 5.97 Å². The molecule has 2 N–H and O–H groups in total. The Balaban J connectivity index is 2.10. The van der Waals surface area contributed by atoms with Gasteiger partial charge in [0.25, 0.3) is 0 Å². The highest BCUT2D eigenvalue weighted by Crippen LogP contribution is 2.24. The summed E-state index contributed by atoms with van der Waals surface area (Å²) in [5, 5.41) is 6.96. The molecule has 2 rings (SSSR count). The van der Waals surface area contributed by atoms with Crippen molar-refractivity contribution in [3.63, 3.8) is 0 Å². The standard InChI is InChI=1S/C11H13ClN2O2S/c1-16-10(15)8-3-2-7(6-9(8)12)14-11-13-4-5-17-11/h2-3,6,11,13-14H,4-5H2,1H3. The van der Waals surface area contributed by atoms with Gasteiger partial charge in [0.15, 0.2) is 0 Å². The number of ether oxygens (including phenoxy) is 1. The van der Waals surface area contributed by atoms with Crippen molar-refractivity contribution in [2.45, 2.75) is 5.50 Å². The van der Waals surface area contributed by atoms with Crippen molar-refractivity contribution in [2.75, 3.05) is 24.7 Å². The lowest BCUT2D eigenvalue weighted by Crippen LogP contribution is -2.27. The second kappa shape index (κ2) is 5.62. The van der Waals surface area contributed by atoms with E-state index in [2.05, 4.69) is 15.4 Å². The number of esters is 1. The second-order valence-corrected chi connectivity index (χ2v) is 5.16. The van der Waals surface area contributed by atoms with Gasteiger partial charge in [0.1, 0.15) is 5.50 Å². The monoisotopic (exact) mass is 272 g/mol. The molecule has 17 heavy (non-hydrogen) atoms. The Labute approximate surface area is 109 Å². The van der Waals surface area contributed by atoms with Crippen molar-refractivity contribution in [1.82, 2.24) is 5.32 Å². The summed E-state index contributed by atoms with van der Waals surface area (Å²) in [7, 11) is 1.34. The Kier molecular flexibility index (Phi) is 4.15. The average molecular weight is 273 g/mol. The van der Waals surface area contributed by atoms with Gasteiger partial charge in [-0.1, -0.05) is 11.6 Å². The summed E-state index contributed by atoms with van der Waals surface area (Å²) >= 11 is 7.82. The first-order valence-corrected chi connectivity index (χ1v) is 6.63. The summed E-state index contributed by atoms with van der Waals surface area (Å²) in [4.78, 5) is 11.3. The fourth-order valence-electron chi connectivity index (χ4n) is 1.55. The molecule has 0 bridgehead atoms. The first-order valence-electron chi connectivity index (χ1n) is 5.20. The average Bonchev–Trinajstić information content (AvgIpc) is 2.81. The van der Waals surface area contributed by atoms with Gasteiger partial charge < -0.3 is 10.1 Å². The molecule has 0 radical (unpaired) electrons. The van der Waals surface area contributed by atoms with Crippen LogP contribution in [-0.4, -0.2) is 30.9 Å². The zero-order valence-corrected chi connectivity index (χ0v) is 10.9. The first-order chi connectivity index (χ1) is 8.20. The highest BCUT2D eigenvalue weighted by Gasteiger charge is 2.15. The number of anilines is 1. The molecule has 1 fully saturated rings. The highest BCUT2D eigenvalue weighted by atomic mass is 35.5. The zero-order chi connectivity index (χ0) is 12.3. The summed E-state index contributed by atoms with van der Waals surface area (Å²) in [5.74, 6) is 0.668. The van der Waals surface area contributed by atoms with Crippen LogP contribution >= 0.6 is 23.4 Å². The van der Waals surface area contributed by atoms with Crippen molar-refractivity contribution in [3.8, 4) is 0 Å². The number of methoxy groups -OCH3 is 1. The van der Waals surface area contributed by atoms with Crippen LogP contribution < -0.4 is 10.6 Å². The molecule has 0 aliphatic carbocycles. The Hall–Kier alpha value is -0.910. The van der Waals surface area contributed by atoms with Gasteiger partial charge in [-0.05, 0) is 18.2 Å². The van der Waals surface area contributed by atoms with Gasteiger partial charge in [-0.3, -0.25) is 5.32 Å². The Morgan fingerprint density at radius 1 is 1.65 bits per heavy atom. The van der Waals surface area contributed by atoms with Crippen LogP contribution in [0.15, 0.2) is 18.2 Å². The minimum Gasteiger partial charge on any atom is -0.465 e. The summed E-state index contributed by atoms with van der Waals surface area (Å²) in [6, 6.07) is 5.21. The molecule has 6 heteroatoms. The van der Waals surface area contributed by atoms with Crippen LogP contribution in [0.2, 0.25) is 5.02 Å². The summed E-state index contributed by atoms with van der Waals surface area (Å²) < 4.78 is 4.63. The number of thioether (sulfide) groups is 1. The lowest BCUT2D eigenvalue weighted by atomic mass is 10.2. The van der Waals surface area contributed by atoms with Crippen LogP contribution in [0.3, 0.4) is 0 Å². The van der Waals surface area contributed by atoms with E-state index >= 15 is 0 Å². The third kappa shape index (κ3) is 3.06. The lowest BCUT2D eigenvalue weighted by molar-refractivity contribution is 0.0601. The number of carbonyl (C=O) groups excluding carboxylic acids is 1. The number of benzene rings is 1. The third-order valence-corrected chi connectivity index (χ3v) is 3.76. The highest BCUT2D eigenvalue weighted by molar-refractivity contribution is 8.00. The van der Waals surface area contributed by atoms with E-state index in [-0.39, 0.29) is 5.50 Å². The van der Waals surface area contributed by atoms with Gasteiger partial charge in [0, 0.05) is 18.0 Å². The van der Waals surface area contributed by atoms with E-state index in [0.29, 0.717) is 10.6 Å². The molecule has 1 heterocycles. The molecule has 1 aromatic rings. The maximum absolute atomic E-state index is 11.3. The maximum Gasteiger partial charge on any atom is 0.339 e. The number of carbonyl (C=O) groups is 1. The quantitative estimate of drug-likeness (QED) is 0.826. The number of hydrogen-bond acceptors (Lipinski definition) is 5. The van der Waals surface area contributed by atoms with E-state index in [9.17, 15) is 4.79 Å². The van der Waals surface area contributed by atoms with Crippen LogP contribution in [0, 0.1) is 0 Å². The molecule has 1 aliphatic heterocycles. The van der Waals surface area contributed by atoms with Crippen LogP contribution in [0.25, 0.3) is 0 Å². The van der Waals surface area contributed by atoms with Crippen LogP contribution in [0.5, 0.6) is 0 Å². The van der Waals surface area contributed by atoms with E-state index in [4.69, 9.17) is 11.6 Å². The molecule has 1 atom stereocenters. The zero-order valence-electron chi connectivity index (χ0n) is 9.33. The second-order valence-electron chi connectivity index (χ2n) is 3.54. The fraction of sp³-hybridized carbons (Fsp3) is 0.364. The molecule has 1 unspecified atom stereocenters.